The fourth-order valence-electron chi connectivity index (χ4n) is 3.46. The van der Waals surface area contributed by atoms with Crippen molar-refractivity contribution < 1.29 is 4.74 Å². The Bertz CT molecular complexity index is 447. The monoisotopic (exact) mass is 275 g/mol. The lowest BCUT2D eigenvalue weighted by Gasteiger charge is -2.41. The van der Waals surface area contributed by atoms with Crippen LogP contribution in [0.5, 0.6) is 5.75 Å². The van der Waals surface area contributed by atoms with Gasteiger partial charge in [0.2, 0.25) is 0 Å². The quantitative estimate of drug-likeness (QED) is 0.836. The van der Waals surface area contributed by atoms with Gasteiger partial charge in [0.25, 0.3) is 0 Å². The molecule has 1 fully saturated rings. The third kappa shape index (κ3) is 3.47. The SMILES string of the molecule is COc1cc(C)ccc1NC1CCCCC1C(C)(C)C. The first-order chi connectivity index (χ1) is 9.41. The van der Waals surface area contributed by atoms with Gasteiger partial charge in [-0.15, -0.1) is 0 Å². The smallest absolute Gasteiger partial charge is 0.142 e. The van der Waals surface area contributed by atoms with Crippen LogP contribution < -0.4 is 10.1 Å². The number of nitrogens with one attached hydrogen (secondary N) is 1. The van der Waals surface area contributed by atoms with Crippen LogP contribution in [0.2, 0.25) is 0 Å². The van der Waals surface area contributed by atoms with Crippen molar-refractivity contribution in [2.45, 2.75) is 59.4 Å². The van der Waals surface area contributed by atoms with Gasteiger partial charge in [-0.1, -0.05) is 39.7 Å². The molecule has 20 heavy (non-hydrogen) atoms. The third-order valence-electron chi connectivity index (χ3n) is 4.58. The molecular weight excluding hydrogens is 246 g/mol. The van der Waals surface area contributed by atoms with E-state index >= 15 is 0 Å². The first-order valence-electron chi connectivity index (χ1n) is 7.83. The van der Waals surface area contributed by atoms with Gasteiger partial charge in [0.1, 0.15) is 5.75 Å². The molecule has 0 spiro atoms. The number of ether oxygens (including phenoxy) is 1. The highest BCUT2D eigenvalue weighted by molar-refractivity contribution is 5.58. The molecule has 0 aromatic heterocycles. The van der Waals surface area contributed by atoms with Crippen LogP contribution >= 0.6 is 0 Å². The molecule has 0 heterocycles. The summed E-state index contributed by atoms with van der Waals surface area (Å²) in [6, 6.07) is 6.97. The van der Waals surface area contributed by atoms with E-state index < -0.39 is 0 Å². The number of anilines is 1. The van der Waals surface area contributed by atoms with Crippen molar-refractivity contribution in [3.63, 3.8) is 0 Å². The Morgan fingerprint density at radius 2 is 1.85 bits per heavy atom. The summed E-state index contributed by atoms with van der Waals surface area (Å²) in [5.41, 5.74) is 2.73. The van der Waals surface area contributed by atoms with Crippen molar-refractivity contribution >= 4 is 5.69 Å². The predicted octanol–water partition coefficient (Wildman–Crippen LogP) is 5.02. The van der Waals surface area contributed by atoms with Crippen LogP contribution in [0.3, 0.4) is 0 Å². The van der Waals surface area contributed by atoms with E-state index in [9.17, 15) is 0 Å². The molecule has 0 saturated heterocycles. The normalized spacial score (nSPS) is 23.4. The number of hydrogen-bond acceptors (Lipinski definition) is 2. The maximum atomic E-state index is 5.53. The van der Waals surface area contributed by atoms with Crippen LogP contribution in [0.15, 0.2) is 18.2 Å². The molecule has 2 rings (SSSR count). The van der Waals surface area contributed by atoms with Crippen LogP contribution in [-0.2, 0) is 0 Å². The fourth-order valence-corrected chi connectivity index (χ4v) is 3.46. The minimum atomic E-state index is 0.357. The number of methoxy groups -OCH3 is 1. The maximum absolute atomic E-state index is 5.53. The molecule has 2 atom stereocenters. The molecule has 2 nitrogen and oxygen atoms in total. The highest BCUT2D eigenvalue weighted by Gasteiger charge is 2.34. The second-order valence-corrected chi connectivity index (χ2v) is 7.21. The van der Waals surface area contributed by atoms with E-state index in [2.05, 4.69) is 51.2 Å². The van der Waals surface area contributed by atoms with Gasteiger partial charge in [-0.3, -0.25) is 0 Å². The Hall–Kier alpha value is -1.18. The number of aryl methyl sites for hydroxylation is 1. The summed E-state index contributed by atoms with van der Waals surface area (Å²) in [6.07, 6.45) is 5.29. The van der Waals surface area contributed by atoms with Gasteiger partial charge in [-0.25, -0.2) is 0 Å². The van der Waals surface area contributed by atoms with Crippen molar-refractivity contribution in [2.75, 3.05) is 12.4 Å². The molecule has 2 unspecified atom stereocenters. The van der Waals surface area contributed by atoms with Gasteiger partial charge in [0.15, 0.2) is 0 Å². The van der Waals surface area contributed by atoms with Crippen LogP contribution in [0.1, 0.15) is 52.0 Å². The molecular formula is C18H29NO. The Balaban J connectivity index is 2.19. The zero-order valence-corrected chi connectivity index (χ0v) is 13.6. The number of hydrogen-bond donors (Lipinski definition) is 1. The predicted molar refractivity (Wildman–Crippen MR) is 86.6 cm³/mol. The molecule has 0 aliphatic heterocycles. The van der Waals surface area contributed by atoms with Gasteiger partial charge in [-0.2, -0.15) is 0 Å². The Kier molecular flexibility index (Phi) is 4.62. The van der Waals surface area contributed by atoms with Gasteiger partial charge >= 0.3 is 0 Å². The zero-order chi connectivity index (χ0) is 14.8. The van der Waals surface area contributed by atoms with Gasteiger partial charge < -0.3 is 10.1 Å². The first-order valence-corrected chi connectivity index (χ1v) is 7.83. The van der Waals surface area contributed by atoms with Crippen LogP contribution in [-0.4, -0.2) is 13.2 Å². The molecule has 1 N–H and O–H groups in total. The fraction of sp³-hybridized carbons (Fsp3) is 0.667. The number of rotatable bonds is 3. The molecule has 1 aliphatic rings. The van der Waals surface area contributed by atoms with Crippen molar-refractivity contribution in [2.24, 2.45) is 11.3 Å². The van der Waals surface area contributed by atoms with Crippen LogP contribution in [0, 0.1) is 18.3 Å². The van der Waals surface area contributed by atoms with Crippen LogP contribution in [0.25, 0.3) is 0 Å². The van der Waals surface area contributed by atoms with E-state index in [0.29, 0.717) is 11.5 Å². The van der Waals surface area contributed by atoms with Gasteiger partial charge in [-0.05, 0) is 48.8 Å². The van der Waals surface area contributed by atoms with E-state index in [4.69, 9.17) is 4.74 Å². The number of benzene rings is 1. The molecule has 1 saturated carbocycles. The topological polar surface area (TPSA) is 21.3 Å². The average Bonchev–Trinajstić information content (AvgIpc) is 2.40. The zero-order valence-electron chi connectivity index (χ0n) is 13.6. The van der Waals surface area contributed by atoms with Gasteiger partial charge in [0, 0.05) is 6.04 Å². The Morgan fingerprint density at radius 1 is 1.15 bits per heavy atom. The maximum Gasteiger partial charge on any atom is 0.142 e. The van der Waals surface area contributed by atoms with Crippen molar-refractivity contribution in [3.05, 3.63) is 23.8 Å². The molecule has 112 valence electrons. The molecule has 1 aromatic carbocycles. The largest absolute Gasteiger partial charge is 0.495 e. The highest BCUT2D eigenvalue weighted by Crippen LogP contribution is 2.40. The summed E-state index contributed by atoms with van der Waals surface area (Å²) in [7, 11) is 1.75. The molecule has 0 bridgehead atoms. The second kappa shape index (κ2) is 6.07. The minimum absolute atomic E-state index is 0.357. The summed E-state index contributed by atoms with van der Waals surface area (Å²) in [6.45, 7) is 9.20. The highest BCUT2D eigenvalue weighted by atomic mass is 16.5. The first kappa shape index (κ1) is 15.2. The molecule has 2 heteroatoms. The summed E-state index contributed by atoms with van der Waals surface area (Å²) >= 11 is 0. The third-order valence-corrected chi connectivity index (χ3v) is 4.58. The van der Waals surface area contributed by atoms with E-state index in [-0.39, 0.29) is 0 Å². The van der Waals surface area contributed by atoms with Crippen molar-refractivity contribution in [1.82, 2.24) is 0 Å². The van der Waals surface area contributed by atoms with Crippen LogP contribution in [0.4, 0.5) is 5.69 Å². The van der Waals surface area contributed by atoms with E-state index in [1.54, 1.807) is 7.11 Å². The minimum Gasteiger partial charge on any atom is -0.495 e. The molecule has 1 aliphatic carbocycles. The lowest BCUT2D eigenvalue weighted by molar-refractivity contribution is 0.162. The second-order valence-electron chi connectivity index (χ2n) is 7.21. The summed E-state index contributed by atoms with van der Waals surface area (Å²) in [4.78, 5) is 0. The molecule has 0 amide bonds. The standard InChI is InChI=1S/C18H29NO/c1-13-10-11-16(17(12-13)20-5)19-15-9-7-6-8-14(15)18(2,3)4/h10-12,14-15,19H,6-9H2,1-5H3. The van der Waals surface area contributed by atoms with Gasteiger partial charge in [0.05, 0.1) is 12.8 Å². The average molecular weight is 275 g/mol. The van der Waals surface area contributed by atoms with Crippen molar-refractivity contribution in [3.8, 4) is 5.75 Å². The van der Waals surface area contributed by atoms with E-state index in [1.807, 2.05) is 0 Å². The Morgan fingerprint density at radius 3 is 2.50 bits per heavy atom. The summed E-state index contributed by atoms with van der Waals surface area (Å²) < 4.78 is 5.53. The summed E-state index contributed by atoms with van der Waals surface area (Å²) in [5.74, 6) is 1.69. The van der Waals surface area contributed by atoms with E-state index in [0.717, 1.165) is 17.4 Å². The Labute approximate surface area is 123 Å². The lowest BCUT2D eigenvalue weighted by Crippen LogP contribution is -2.39. The molecule has 1 aromatic rings. The molecule has 0 radical (unpaired) electrons. The van der Waals surface area contributed by atoms with E-state index in [1.165, 1.54) is 31.2 Å². The lowest BCUT2D eigenvalue weighted by atomic mass is 9.69. The van der Waals surface area contributed by atoms with Crippen molar-refractivity contribution in [1.29, 1.82) is 0 Å². The summed E-state index contributed by atoms with van der Waals surface area (Å²) in [5, 5.41) is 3.76.